The first kappa shape index (κ1) is 15.1. The van der Waals surface area contributed by atoms with Crippen LogP contribution < -0.4 is 4.90 Å². The molecule has 5 nitrogen and oxygen atoms in total. The third-order valence-corrected chi connectivity index (χ3v) is 5.47. The molecule has 0 bridgehead atoms. The molecule has 0 radical (unpaired) electrons. The van der Waals surface area contributed by atoms with Crippen molar-refractivity contribution in [2.24, 2.45) is 0 Å². The van der Waals surface area contributed by atoms with Crippen molar-refractivity contribution in [3.8, 4) is 11.3 Å². The van der Waals surface area contributed by atoms with Gasteiger partial charge < -0.3 is 4.90 Å². The Morgan fingerprint density at radius 1 is 1.32 bits per heavy atom. The SMILES string of the molecule is Cc1nc(-c2ccc(N3CC(S(=O)(=O)F)CC3=O)cc2)cs1. The van der Waals surface area contributed by atoms with Crippen molar-refractivity contribution in [2.45, 2.75) is 18.6 Å². The molecule has 0 spiro atoms. The van der Waals surface area contributed by atoms with Gasteiger partial charge in [-0.05, 0) is 19.1 Å². The molecule has 1 atom stereocenters. The lowest BCUT2D eigenvalue weighted by Gasteiger charge is -2.16. The summed E-state index contributed by atoms with van der Waals surface area (Å²) in [5.74, 6) is -0.386. The van der Waals surface area contributed by atoms with Gasteiger partial charge in [-0.3, -0.25) is 4.79 Å². The summed E-state index contributed by atoms with van der Waals surface area (Å²) in [6.07, 6.45) is -0.314. The minimum Gasteiger partial charge on any atom is -0.311 e. The second-order valence-electron chi connectivity index (χ2n) is 5.10. The third kappa shape index (κ3) is 2.89. The average molecular weight is 340 g/mol. The van der Waals surface area contributed by atoms with E-state index in [1.165, 1.54) is 4.90 Å². The number of anilines is 1. The molecular formula is C14H13FN2O3S2. The zero-order valence-electron chi connectivity index (χ0n) is 11.7. The van der Waals surface area contributed by atoms with Crippen LogP contribution in [0.1, 0.15) is 11.4 Å². The van der Waals surface area contributed by atoms with Gasteiger partial charge in [-0.1, -0.05) is 12.1 Å². The van der Waals surface area contributed by atoms with Gasteiger partial charge in [-0.2, -0.15) is 8.42 Å². The Kier molecular flexibility index (Phi) is 3.73. The Hall–Kier alpha value is -1.80. The van der Waals surface area contributed by atoms with Crippen molar-refractivity contribution in [1.29, 1.82) is 0 Å². The molecule has 1 aromatic heterocycles. The van der Waals surface area contributed by atoms with E-state index in [1.807, 2.05) is 24.4 Å². The Labute approximate surface area is 131 Å². The van der Waals surface area contributed by atoms with Crippen molar-refractivity contribution in [3.63, 3.8) is 0 Å². The largest absolute Gasteiger partial charge is 0.311 e. The maximum Gasteiger partial charge on any atom is 0.307 e. The zero-order valence-corrected chi connectivity index (χ0v) is 13.3. The van der Waals surface area contributed by atoms with E-state index >= 15 is 0 Å². The summed E-state index contributed by atoms with van der Waals surface area (Å²) in [4.78, 5) is 17.6. The summed E-state index contributed by atoms with van der Waals surface area (Å²) in [5.41, 5.74) is 2.33. The lowest BCUT2D eigenvalue weighted by atomic mass is 10.1. The second kappa shape index (κ2) is 5.44. The van der Waals surface area contributed by atoms with Crippen molar-refractivity contribution < 1.29 is 17.1 Å². The highest BCUT2D eigenvalue weighted by Crippen LogP contribution is 2.28. The summed E-state index contributed by atoms with van der Waals surface area (Å²) in [5, 5.41) is 1.63. The molecule has 1 aromatic carbocycles. The predicted octanol–water partition coefficient (Wildman–Crippen LogP) is 2.52. The molecule has 22 heavy (non-hydrogen) atoms. The number of aryl methyl sites for hydroxylation is 1. The number of carbonyl (C=O) groups is 1. The van der Waals surface area contributed by atoms with E-state index < -0.39 is 15.5 Å². The highest BCUT2D eigenvalue weighted by atomic mass is 32.3. The molecular weight excluding hydrogens is 327 g/mol. The molecule has 2 aromatic rings. The molecule has 116 valence electrons. The fourth-order valence-electron chi connectivity index (χ4n) is 2.42. The van der Waals surface area contributed by atoms with Crippen LogP contribution in [0.5, 0.6) is 0 Å². The Morgan fingerprint density at radius 2 is 2.00 bits per heavy atom. The maximum atomic E-state index is 13.0. The van der Waals surface area contributed by atoms with Crippen LogP contribution in [0.4, 0.5) is 9.57 Å². The first-order chi connectivity index (χ1) is 10.3. The van der Waals surface area contributed by atoms with E-state index in [-0.39, 0.29) is 18.9 Å². The summed E-state index contributed by atoms with van der Waals surface area (Å²) in [7, 11) is -4.70. The molecule has 3 rings (SSSR count). The van der Waals surface area contributed by atoms with E-state index in [4.69, 9.17) is 0 Å². The van der Waals surface area contributed by atoms with E-state index in [1.54, 1.807) is 23.5 Å². The first-order valence-corrected chi connectivity index (χ1v) is 8.93. The van der Waals surface area contributed by atoms with Crippen molar-refractivity contribution >= 4 is 33.2 Å². The molecule has 1 unspecified atom stereocenters. The van der Waals surface area contributed by atoms with Gasteiger partial charge >= 0.3 is 10.2 Å². The van der Waals surface area contributed by atoms with Crippen LogP contribution in [0.25, 0.3) is 11.3 Å². The molecule has 2 heterocycles. The lowest BCUT2D eigenvalue weighted by Crippen LogP contribution is -2.26. The monoisotopic (exact) mass is 340 g/mol. The maximum absolute atomic E-state index is 13.0. The molecule has 1 aliphatic rings. The average Bonchev–Trinajstić information content (AvgIpc) is 3.05. The number of hydrogen-bond acceptors (Lipinski definition) is 5. The van der Waals surface area contributed by atoms with Gasteiger partial charge in [0.15, 0.2) is 0 Å². The first-order valence-electron chi connectivity index (χ1n) is 6.61. The van der Waals surface area contributed by atoms with E-state index in [9.17, 15) is 17.1 Å². The topological polar surface area (TPSA) is 67.3 Å². The molecule has 1 aliphatic heterocycles. The predicted molar refractivity (Wildman–Crippen MR) is 83.1 cm³/mol. The van der Waals surface area contributed by atoms with Gasteiger partial charge in [-0.15, -0.1) is 15.2 Å². The van der Waals surface area contributed by atoms with Gasteiger partial charge in [-0.25, -0.2) is 4.98 Å². The van der Waals surface area contributed by atoms with Crippen LogP contribution in [0.3, 0.4) is 0 Å². The van der Waals surface area contributed by atoms with E-state index in [0.717, 1.165) is 16.3 Å². The number of thiazole rings is 1. The van der Waals surface area contributed by atoms with Gasteiger partial charge in [0.2, 0.25) is 5.91 Å². The molecule has 0 aliphatic carbocycles. The number of carbonyl (C=O) groups excluding carboxylic acids is 1. The van der Waals surface area contributed by atoms with Gasteiger partial charge in [0.1, 0.15) is 5.25 Å². The highest BCUT2D eigenvalue weighted by Gasteiger charge is 2.38. The van der Waals surface area contributed by atoms with Crippen molar-refractivity contribution in [2.75, 3.05) is 11.4 Å². The van der Waals surface area contributed by atoms with Gasteiger partial charge in [0.05, 0.1) is 10.7 Å². The van der Waals surface area contributed by atoms with Gasteiger partial charge in [0, 0.05) is 29.6 Å². The minimum atomic E-state index is -4.70. The van der Waals surface area contributed by atoms with Crippen molar-refractivity contribution in [3.05, 3.63) is 34.7 Å². The fraction of sp³-hybridized carbons (Fsp3) is 0.286. The van der Waals surface area contributed by atoms with Crippen LogP contribution in [0.15, 0.2) is 29.6 Å². The van der Waals surface area contributed by atoms with Crippen LogP contribution in [-0.4, -0.2) is 31.1 Å². The highest BCUT2D eigenvalue weighted by molar-refractivity contribution is 7.87. The standard InChI is InChI=1S/C14H13FN2O3S2/c1-9-16-13(8-21-9)10-2-4-11(5-3-10)17-7-12(6-14(17)18)22(15,19)20/h2-5,8,12H,6-7H2,1H3. The molecule has 1 amide bonds. The fourth-order valence-corrected chi connectivity index (χ4v) is 3.71. The Balaban J connectivity index is 1.83. The molecule has 0 saturated carbocycles. The third-order valence-electron chi connectivity index (χ3n) is 3.58. The smallest absolute Gasteiger partial charge is 0.307 e. The van der Waals surface area contributed by atoms with E-state index in [0.29, 0.717) is 5.69 Å². The summed E-state index contributed by atoms with van der Waals surface area (Å²) in [6.45, 7) is 1.77. The summed E-state index contributed by atoms with van der Waals surface area (Å²) < 4.78 is 34.9. The van der Waals surface area contributed by atoms with Crippen LogP contribution in [0, 0.1) is 6.92 Å². The van der Waals surface area contributed by atoms with Crippen LogP contribution >= 0.6 is 11.3 Å². The lowest BCUT2D eigenvalue weighted by molar-refractivity contribution is -0.117. The molecule has 0 N–H and O–H groups in total. The number of hydrogen-bond donors (Lipinski definition) is 0. The van der Waals surface area contributed by atoms with Crippen LogP contribution in [0.2, 0.25) is 0 Å². The van der Waals surface area contributed by atoms with Crippen LogP contribution in [-0.2, 0) is 15.0 Å². The number of amides is 1. The second-order valence-corrected chi connectivity index (χ2v) is 7.78. The summed E-state index contributed by atoms with van der Waals surface area (Å²) >= 11 is 1.55. The van der Waals surface area contributed by atoms with Crippen molar-refractivity contribution in [1.82, 2.24) is 4.98 Å². The van der Waals surface area contributed by atoms with Gasteiger partial charge in [0.25, 0.3) is 0 Å². The van der Waals surface area contributed by atoms with E-state index in [2.05, 4.69) is 4.98 Å². The molecule has 8 heteroatoms. The quantitative estimate of drug-likeness (QED) is 0.805. The molecule has 1 saturated heterocycles. The minimum absolute atomic E-state index is 0.146. The number of nitrogens with zero attached hydrogens (tertiary/aromatic N) is 2. The molecule has 1 fully saturated rings. The normalized spacial score (nSPS) is 18.9. The number of benzene rings is 1. The number of halogens is 1. The number of aromatic nitrogens is 1. The summed E-state index contributed by atoms with van der Waals surface area (Å²) in [6, 6.07) is 7.06. The number of rotatable bonds is 3. The Bertz CT molecular complexity index is 815. The Morgan fingerprint density at radius 3 is 2.50 bits per heavy atom. The zero-order chi connectivity index (χ0) is 15.9.